The number of piperidine rings is 1. The van der Waals surface area contributed by atoms with Crippen molar-refractivity contribution >= 4 is 29.3 Å². The van der Waals surface area contributed by atoms with Gasteiger partial charge in [-0.05, 0) is 76.5 Å². The number of halogens is 2. The van der Waals surface area contributed by atoms with E-state index >= 15 is 0 Å². The molecule has 7 heteroatoms. The summed E-state index contributed by atoms with van der Waals surface area (Å²) >= 11 is 12.8. The molecule has 0 radical (unpaired) electrons. The lowest BCUT2D eigenvalue weighted by Gasteiger charge is -2.32. The summed E-state index contributed by atoms with van der Waals surface area (Å²) in [5.74, 6) is 1.27. The molecular weight excluding hydrogens is 411 g/mol. The molecule has 3 rings (SSSR count). The van der Waals surface area contributed by atoms with Gasteiger partial charge in [-0.2, -0.15) is 0 Å². The molecule has 0 aromatic heterocycles. The quantitative estimate of drug-likeness (QED) is 0.620. The van der Waals surface area contributed by atoms with Crippen LogP contribution in [-0.4, -0.2) is 48.9 Å². The number of nitrogens with one attached hydrogen (secondary N) is 1. The minimum absolute atomic E-state index is 0.174. The standard InChI is InChI=1S/C22H32Cl2N2O3/c1-22(2,3)29-21(27)25-17-7-10-26(11-8-17)9-6-16-12-18(23)20(19(24)13-16)28-14-15-4-5-15/h12-13,15,17H,4-11,14H2,1-3H3,(H,25,27). The number of benzene rings is 1. The minimum Gasteiger partial charge on any atom is -0.490 e. The molecule has 1 aromatic rings. The van der Waals surface area contributed by atoms with E-state index in [2.05, 4.69) is 10.2 Å². The molecule has 1 aromatic carbocycles. The maximum absolute atomic E-state index is 11.9. The van der Waals surface area contributed by atoms with Crippen LogP contribution in [0, 0.1) is 5.92 Å². The first-order valence-electron chi connectivity index (χ1n) is 10.5. The third-order valence-corrected chi connectivity index (χ3v) is 5.81. The van der Waals surface area contributed by atoms with E-state index in [-0.39, 0.29) is 12.1 Å². The summed E-state index contributed by atoms with van der Waals surface area (Å²) in [7, 11) is 0. The Morgan fingerprint density at radius 3 is 2.31 bits per heavy atom. The highest BCUT2D eigenvalue weighted by atomic mass is 35.5. The molecule has 0 unspecified atom stereocenters. The van der Waals surface area contributed by atoms with Crippen LogP contribution in [-0.2, 0) is 11.2 Å². The molecule has 2 aliphatic rings. The summed E-state index contributed by atoms with van der Waals surface area (Å²) in [6.07, 6.45) is 4.87. The van der Waals surface area contributed by atoms with E-state index in [0.717, 1.165) is 44.5 Å². The topological polar surface area (TPSA) is 50.8 Å². The van der Waals surface area contributed by atoms with Crippen molar-refractivity contribution in [1.29, 1.82) is 0 Å². The van der Waals surface area contributed by atoms with Crippen molar-refractivity contribution in [1.82, 2.24) is 10.2 Å². The second-order valence-electron chi connectivity index (χ2n) is 9.16. The molecule has 1 amide bonds. The molecule has 1 N–H and O–H groups in total. The average Bonchev–Trinajstić information content (AvgIpc) is 3.43. The number of rotatable bonds is 7. The normalized spacial score (nSPS) is 18.5. The third-order valence-electron chi connectivity index (χ3n) is 5.24. The van der Waals surface area contributed by atoms with Gasteiger partial charge >= 0.3 is 6.09 Å². The summed E-state index contributed by atoms with van der Waals surface area (Å²) < 4.78 is 11.1. The van der Waals surface area contributed by atoms with E-state index in [4.69, 9.17) is 32.7 Å². The highest BCUT2D eigenvalue weighted by molar-refractivity contribution is 6.37. The van der Waals surface area contributed by atoms with Gasteiger partial charge in [0.1, 0.15) is 5.60 Å². The zero-order valence-corrected chi connectivity index (χ0v) is 19.1. The van der Waals surface area contributed by atoms with Crippen molar-refractivity contribution < 1.29 is 14.3 Å². The van der Waals surface area contributed by atoms with Gasteiger partial charge in [0.05, 0.1) is 16.7 Å². The van der Waals surface area contributed by atoms with Gasteiger partial charge in [-0.1, -0.05) is 23.2 Å². The molecule has 1 saturated heterocycles. The van der Waals surface area contributed by atoms with Crippen LogP contribution < -0.4 is 10.1 Å². The van der Waals surface area contributed by atoms with Crippen LogP contribution in [0.25, 0.3) is 0 Å². The van der Waals surface area contributed by atoms with Crippen LogP contribution in [0.3, 0.4) is 0 Å². The Morgan fingerprint density at radius 2 is 1.76 bits per heavy atom. The number of alkyl carbamates (subject to hydrolysis) is 1. The van der Waals surface area contributed by atoms with Crippen LogP contribution in [0.15, 0.2) is 12.1 Å². The fourth-order valence-corrected chi connectivity index (χ4v) is 4.08. The maximum atomic E-state index is 11.9. The highest BCUT2D eigenvalue weighted by Gasteiger charge is 2.24. The number of nitrogens with zero attached hydrogens (tertiary/aromatic N) is 1. The number of likely N-dealkylation sites (tertiary alicyclic amines) is 1. The summed E-state index contributed by atoms with van der Waals surface area (Å²) in [4.78, 5) is 14.3. The summed E-state index contributed by atoms with van der Waals surface area (Å²) in [6.45, 7) is 9.16. The molecule has 0 bridgehead atoms. The van der Waals surface area contributed by atoms with Crippen LogP contribution in [0.2, 0.25) is 10.0 Å². The SMILES string of the molecule is CC(C)(C)OC(=O)NC1CCN(CCc2cc(Cl)c(OCC3CC3)c(Cl)c2)CC1. The van der Waals surface area contributed by atoms with Crippen molar-refractivity contribution in [2.24, 2.45) is 5.92 Å². The molecule has 162 valence electrons. The van der Waals surface area contributed by atoms with E-state index < -0.39 is 5.60 Å². The van der Waals surface area contributed by atoms with Crippen molar-refractivity contribution in [3.63, 3.8) is 0 Å². The summed E-state index contributed by atoms with van der Waals surface area (Å²) in [5.41, 5.74) is 0.652. The van der Waals surface area contributed by atoms with E-state index in [1.807, 2.05) is 32.9 Å². The highest BCUT2D eigenvalue weighted by Crippen LogP contribution is 2.37. The number of hydrogen-bond donors (Lipinski definition) is 1. The van der Waals surface area contributed by atoms with Gasteiger partial charge < -0.3 is 19.7 Å². The molecule has 1 saturated carbocycles. The van der Waals surface area contributed by atoms with E-state index in [1.165, 1.54) is 12.8 Å². The minimum atomic E-state index is -0.466. The van der Waals surface area contributed by atoms with Crippen molar-refractivity contribution in [3.05, 3.63) is 27.7 Å². The van der Waals surface area contributed by atoms with E-state index in [1.54, 1.807) is 0 Å². The number of carbonyl (C=O) groups is 1. The van der Waals surface area contributed by atoms with Crippen LogP contribution in [0.5, 0.6) is 5.75 Å². The Labute approximate surface area is 184 Å². The molecule has 1 aliphatic carbocycles. The molecule has 0 atom stereocenters. The molecule has 29 heavy (non-hydrogen) atoms. The Bertz CT molecular complexity index is 685. The zero-order valence-electron chi connectivity index (χ0n) is 17.6. The Kier molecular flexibility index (Phi) is 7.58. The molecule has 1 aliphatic heterocycles. The van der Waals surface area contributed by atoms with Gasteiger partial charge in [0.15, 0.2) is 5.75 Å². The first-order valence-corrected chi connectivity index (χ1v) is 11.3. The lowest BCUT2D eigenvalue weighted by Crippen LogP contribution is -2.46. The van der Waals surface area contributed by atoms with E-state index in [0.29, 0.717) is 28.3 Å². The van der Waals surface area contributed by atoms with Crippen molar-refractivity contribution in [2.45, 2.75) is 64.5 Å². The third kappa shape index (κ3) is 7.54. The predicted molar refractivity (Wildman–Crippen MR) is 117 cm³/mol. The Balaban J connectivity index is 1.41. The number of hydrogen-bond acceptors (Lipinski definition) is 4. The number of ether oxygens (including phenoxy) is 2. The Hall–Kier alpha value is -1.17. The monoisotopic (exact) mass is 442 g/mol. The lowest BCUT2D eigenvalue weighted by molar-refractivity contribution is 0.0479. The van der Waals surface area contributed by atoms with Crippen molar-refractivity contribution in [3.8, 4) is 5.75 Å². The van der Waals surface area contributed by atoms with Gasteiger partial charge in [-0.3, -0.25) is 0 Å². The van der Waals surface area contributed by atoms with Gasteiger partial charge in [0.25, 0.3) is 0 Å². The van der Waals surface area contributed by atoms with E-state index in [9.17, 15) is 4.79 Å². The average molecular weight is 443 g/mol. The number of carbonyl (C=O) groups excluding carboxylic acids is 1. The lowest BCUT2D eigenvalue weighted by atomic mass is 10.0. The van der Waals surface area contributed by atoms with Crippen molar-refractivity contribution in [2.75, 3.05) is 26.2 Å². The molecule has 5 nitrogen and oxygen atoms in total. The molecule has 2 fully saturated rings. The van der Waals surface area contributed by atoms with Crippen LogP contribution in [0.4, 0.5) is 4.79 Å². The van der Waals surface area contributed by atoms with Gasteiger partial charge in [0.2, 0.25) is 0 Å². The zero-order chi connectivity index (χ0) is 21.0. The largest absolute Gasteiger partial charge is 0.490 e. The number of amides is 1. The first-order chi connectivity index (χ1) is 13.7. The second-order valence-corrected chi connectivity index (χ2v) is 9.97. The Morgan fingerprint density at radius 1 is 1.14 bits per heavy atom. The molecular formula is C22H32Cl2N2O3. The summed E-state index contributed by atoms with van der Waals surface area (Å²) in [5, 5.41) is 4.16. The maximum Gasteiger partial charge on any atom is 0.407 e. The fraction of sp³-hybridized carbons (Fsp3) is 0.682. The molecule has 1 heterocycles. The van der Waals surface area contributed by atoms with Crippen LogP contribution >= 0.6 is 23.2 Å². The second kappa shape index (κ2) is 9.76. The fourth-order valence-electron chi connectivity index (χ4n) is 3.44. The van der Waals surface area contributed by atoms with Gasteiger partial charge in [0, 0.05) is 25.7 Å². The predicted octanol–water partition coefficient (Wildman–Crippen LogP) is 5.31. The smallest absolute Gasteiger partial charge is 0.407 e. The van der Waals surface area contributed by atoms with Crippen LogP contribution in [0.1, 0.15) is 52.0 Å². The van der Waals surface area contributed by atoms with Gasteiger partial charge in [-0.15, -0.1) is 0 Å². The molecule has 0 spiro atoms. The van der Waals surface area contributed by atoms with Gasteiger partial charge in [-0.25, -0.2) is 4.79 Å². The first kappa shape index (κ1) is 22.5. The summed E-state index contributed by atoms with van der Waals surface area (Å²) in [6, 6.07) is 4.10.